The lowest BCUT2D eigenvalue weighted by molar-refractivity contribution is 0.0475. The monoisotopic (exact) mass is 392 g/mol. The molecule has 0 aliphatic carbocycles. The number of benzene rings is 2. The van der Waals surface area contributed by atoms with E-state index in [4.69, 9.17) is 19.7 Å². The number of furan rings is 1. The van der Waals surface area contributed by atoms with E-state index in [1.54, 1.807) is 18.2 Å². The van der Waals surface area contributed by atoms with Crippen molar-refractivity contribution in [2.45, 2.75) is 33.3 Å². The van der Waals surface area contributed by atoms with Gasteiger partial charge < -0.3 is 19.7 Å². The molecule has 1 heterocycles. The van der Waals surface area contributed by atoms with Gasteiger partial charge in [0.1, 0.15) is 18.1 Å². The van der Waals surface area contributed by atoms with Crippen LogP contribution in [-0.4, -0.2) is 11.8 Å². The standard InChI is InChI=1S/C23H24N2O4/c1-15(2)19-11-9-16(3)13-21(19)27-14-18-10-12-20(28-18)23(26)29-25-22(24)17-7-5-4-6-8-17/h4-13,15H,14H2,1-3H3,(H2,24,25). The first kappa shape index (κ1) is 20.2. The van der Waals surface area contributed by atoms with Crippen molar-refractivity contribution < 1.29 is 18.8 Å². The van der Waals surface area contributed by atoms with Gasteiger partial charge in [-0.05, 0) is 42.2 Å². The normalized spacial score (nSPS) is 11.5. The number of nitrogens with two attached hydrogens (primary N) is 1. The molecule has 0 atom stereocenters. The van der Waals surface area contributed by atoms with E-state index in [1.165, 1.54) is 6.07 Å². The van der Waals surface area contributed by atoms with E-state index in [2.05, 4.69) is 31.1 Å². The molecule has 0 bridgehead atoms. The van der Waals surface area contributed by atoms with Crippen molar-refractivity contribution in [1.29, 1.82) is 0 Å². The molecule has 1 aromatic heterocycles. The Kier molecular flexibility index (Phi) is 6.34. The van der Waals surface area contributed by atoms with Crippen LogP contribution in [0.15, 0.2) is 70.2 Å². The smallest absolute Gasteiger partial charge is 0.400 e. The third-order valence-corrected chi connectivity index (χ3v) is 4.32. The Morgan fingerprint density at radius 1 is 1.10 bits per heavy atom. The topological polar surface area (TPSA) is 87.0 Å². The minimum Gasteiger partial charge on any atom is -0.485 e. The minimum atomic E-state index is -0.728. The van der Waals surface area contributed by atoms with Crippen molar-refractivity contribution in [1.82, 2.24) is 0 Å². The van der Waals surface area contributed by atoms with Crippen LogP contribution < -0.4 is 10.5 Å². The van der Waals surface area contributed by atoms with E-state index in [0.29, 0.717) is 17.2 Å². The number of aryl methyl sites for hydroxylation is 1. The van der Waals surface area contributed by atoms with Gasteiger partial charge in [-0.3, -0.25) is 0 Å². The molecule has 29 heavy (non-hydrogen) atoms. The van der Waals surface area contributed by atoms with E-state index < -0.39 is 5.97 Å². The summed E-state index contributed by atoms with van der Waals surface area (Å²) in [6, 6.07) is 18.3. The van der Waals surface area contributed by atoms with Gasteiger partial charge in [-0.15, -0.1) is 0 Å². The van der Waals surface area contributed by atoms with E-state index in [-0.39, 0.29) is 18.2 Å². The summed E-state index contributed by atoms with van der Waals surface area (Å²) >= 11 is 0. The maximum atomic E-state index is 12.1. The number of hydrogen-bond acceptors (Lipinski definition) is 5. The van der Waals surface area contributed by atoms with E-state index in [9.17, 15) is 4.79 Å². The highest BCUT2D eigenvalue weighted by Crippen LogP contribution is 2.28. The molecule has 3 aromatic rings. The highest BCUT2D eigenvalue weighted by Gasteiger charge is 2.15. The molecule has 150 valence electrons. The van der Waals surface area contributed by atoms with Crippen molar-refractivity contribution >= 4 is 11.8 Å². The van der Waals surface area contributed by atoms with Gasteiger partial charge in [0.15, 0.2) is 5.84 Å². The van der Waals surface area contributed by atoms with Crippen LogP contribution in [0.4, 0.5) is 0 Å². The highest BCUT2D eigenvalue weighted by atomic mass is 16.7. The van der Waals surface area contributed by atoms with Crippen molar-refractivity contribution in [3.05, 3.63) is 88.9 Å². The molecule has 0 unspecified atom stereocenters. The molecule has 0 spiro atoms. The van der Waals surface area contributed by atoms with Gasteiger partial charge in [0, 0.05) is 5.56 Å². The lowest BCUT2D eigenvalue weighted by Gasteiger charge is -2.14. The summed E-state index contributed by atoms with van der Waals surface area (Å²) in [7, 11) is 0. The Balaban J connectivity index is 1.62. The van der Waals surface area contributed by atoms with Crippen LogP contribution in [0.2, 0.25) is 0 Å². The van der Waals surface area contributed by atoms with E-state index >= 15 is 0 Å². The number of nitrogens with zero attached hydrogens (tertiary/aromatic N) is 1. The molecule has 0 aliphatic rings. The van der Waals surface area contributed by atoms with Gasteiger partial charge in [0.25, 0.3) is 0 Å². The number of carbonyl (C=O) groups is 1. The van der Waals surface area contributed by atoms with Crippen molar-refractivity contribution in [3.8, 4) is 5.75 Å². The van der Waals surface area contributed by atoms with Crippen LogP contribution in [0.25, 0.3) is 0 Å². The zero-order valence-electron chi connectivity index (χ0n) is 16.7. The van der Waals surface area contributed by atoms with Gasteiger partial charge in [-0.25, -0.2) is 4.79 Å². The van der Waals surface area contributed by atoms with Crippen molar-refractivity contribution in [2.75, 3.05) is 0 Å². The summed E-state index contributed by atoms with van der Waals surface area (Å²) in [4.78, 5) is 17.0. The molecular formula is C23H24N2O4. The van der Waals surface area contributed by atoms with Gasteiger partial charge in [0.05, 0.1) is 0 Å². The Morgan fingerprint density at radius 3 is 2.59 bits per heavy atom. The molecule has 0 saturated heterocycles. The summed E-state index contributed by atoms with van der Waals surface area (Å²) in [5.41, 5.74) is 8.70. The van der Waals surface area contributed by atoms with Gasteiger partial charge in [0.2, 0.25) is 5.76 Å². The fraction of sp³-hybridized carbons (Fsp3) is 0.217. The molecular weight excluding hydrogens is 368 g/mol. The number of oxime groups is 1. The van der Waals surface area contributed by atoms with Crippen LogP contribution >= 0.6 is 0 Å². The highest BCUT2D eigenvalue weighted by molar-refractivity contribution is 5.97. The maximum Gasteiger partial charge on any atom is 0.400 e. The first-order chi connectivity index (χ1) is 13.9. The second-order valence-corrected chi connectivity index (χ2v) is 6.97. The van der Waals surface area contributed by atoms with Gasteiger partial charge in [-0.2, -0.15) is 0 Å². The average Bonchev–Trinajstić information content (AvgIpc) is 3.20. The molecule has 0 fully saturated rings. The lowest BCUT2D eigenvalue weighted by Crippen LogP contribution is -2.15. The second-order valence-electron chi connectivity index (χ2n) is 6.97. The van der Waals surface area contributed by atoms with Crippen molar-refractivity contribution in [3.63, 3.8) is 0 Å². The predicted octanol–water partition coefficient (Wildman–Crippen LogP) is 4.77. The largest absolute Gasteiger partial charge is 0.485 e. The molecule has 6 heteroatoms. The van der Waals surface area contributed by atoms with E-state index in [1.807, 2.05) is 31.2 Å². The molecule has 3 rings (SSSR count). The summed E-state index contributed by atoms with van der Waals surface area (Å²) < 4.78 is 11.4. The zero-order chi connectivity index (χ0) is 20.8. The molecule has 0 amide bonds. The third kappa shape index (κ3) is 5.25. The van der Waals surface area contributed by atoms with E-state index in [0.717, 1.165) is 16.9 Å². The Labute approximate surface area is 169 Å². The number of hydrogen-bond donors (Lipinski definition) is 1. The average molecular weight is 392 g/mol. The first-order valence-electron chi connectivity index (χ1n) is 9.36. The Hall–Kier alpha value is -3.54. The van der Waals surface area contributed by atoms with Crippen LogP contribution in [0.3, 0.4) is 0 Å². The molecule has 6 nitrogen and oxygen atoms in total. The minimum absolute atomic E-state index is 0.0292. The molecule has 0 aliphatic heterocycles. The van der Waals surface area contributed by atoms with Gasteiger partial charge in [-0.1, -0.05) is 61.5 Å². The van der Waals surface area contributed by atoms with Gasteiger partial charge >= 0.3 is 5.97 Å². The first-order valence-corrected chi connectivity index (χ1v) is 9.36. The Morgan fingerprint density at radius 2 is 1.86 bits per heavy atom. The fourth-order valence-electron chi connectivity index (χ4n) is 2.75. The van der Waals surface area contributed by atoms with Crippen LogP contribution in [0.5, 0.6) is 5.75 Å². The lowest BCUT2D eigenvalue weighted by atomic mass is 10.0. The summed E-state index contributed by atoms with van der Waals surface area (Å²) in [5.74, 6) is 1.06. The third-order valence-electron chi connectivity index (χ3n) is 4.32. The summed E-state index contributed by atoms with van der Waals surface area (Å²) in [6.45, 7) is 6.44. The van der Waals surface area contributed by atoms with Crippen molar-refractivity contribution in [2.24, 2.45) is 10.9 Å². The second kappa shape index (κ2) is 9.10. The Bertz CT molecular complexity index is 1010. The van der Waals surface area contributed by atoms with Crippen LogP contribution in [0.1, 0.15) is 52.8 Å². The molecule has 0 saturated carbocycles. The fourth-order valence-corrected chi connectivity index (χ4v) is 2.75. The van der Waals surface area contributed by atoms with Crippen LogP contribution in [0, 0.1) is 6.92 Å². The maximum absolute atomic E-state index is 12.1. The number of amidine groups is 1. The number of carbonyl (C=O) groups excluding carboxylic acids is 1. The zero-order valence-corrected chi connectivity index (χ0v) is 16.7. The molecule has 0 radical (unpaired) electrons. The quantitative estimate of drug-likeness (QED) is 0.271. The predicted molar refractivity (Wildman–Crippen MR) is 111 cm³/mol. The number of rotatable bonds is 7. The summed E-state index contributed by atoms with van der Waals surface area (Å²) in [6.07, 6.45) is 0. The SMILES string of the molecule is Cc1ccc(C(C)C)c(OCc2ccc(C(=O)O/N=C(\N)c3ccccc3)o2)c1. The number of ether oxygens (including phenoxy) is 1. The van der Waals surface area contributed by atoms with Crippen LogP contribution in [-0.2, 0) is 11.4 Å². The summed E-state index contributed by atoms with van der Waals surface area (Å²) in [5, 5.41) is 3.67. The molecule has 2 aromatic carbocycles. The molecule has 2 N–H and O–H groups in total.